The summed E-state index contributed by atoms with van der Waals surface area (Å²) in [5.41, 5.74) is -0.262. The van der Waals surface area contributed by atoms with Crippen LogP contribution >= 0.6 is 27.5 Å². The molecule has 0 saturated carbocycles. The van der Waals surface area contributed by atoms with Gasteiger partial charge in [-0.2, -0.15) is 0 Å². The average molecular weight is 513 g/mol. The number of hydrogen-bond acceptors (Lipinski definition) is 5. The summed E-state index contributed by atoms with van der Waals surface area (Å²) in [5.74, 6) is -1.87. The van der Waals surface area contributed by atoms with Crippen LogP contribution < -0.4 is 4.31 Å². The maximum absolute atomic E-state index is 14.7. The Morgan fingerprint density at radius 3 is 2.32 bits per heavy atom. The van der Waals surface area contributed by atoms with Crippen molar-refractivity contribution in [2.45, 2.75) is 19.2 Å². The van der Waals surface area contributed by atoms with Crippen LogP contribution in [-0.4, -0.2) is 33.7 Å². The highest BCUT2D eigenvalue weighted by Crippen LogP contribution is 2.31. The van der Waals surface area contributed by atoms with Crippen molar-refractivity contribution in [3.63, 3.8) is 0 Å². The van der Waals surface area contributed by atoms with Gasteiger partial charge in [0.25, 0.3) is 0 Å². The SMILES string of the molecule is CCS(=O)(=O)C(C)N(c1cc(Br)c(C(=O)c2ccc(Cl)cc2)cc1F)[SH](=O)=O. The minimum absolute atomic E-state index is 0.0457. The largest absolute Gasteiger partial charge is 0.289 e. The van der Waals surface area contributed by atoms with Crippen molar-refractivity contribution in [2.75, 3.05) is 10.1 Å². The number of rotatable bonds is 7. The zero-order valence-electron chi connectivity index (χ0n) is 14.7. The van der Waals surface area contributed by atoms with E-state index in [-0.39, 0.29) is 21.4 Å². The molecule has 11 heteroatoms. The zero-order chi connectivity index (χ0) is 21.2. The Bertz CT molecular complexity index is 1080. The molecule has 28 heavy (non-hydrogen) atoms. The Kier molecular flexibility index (Phi) is 7.24. The van der Waals surface area contributed by atoms with E-state index in [1.807, 2.05) is 0 Å². The number of benzene rings is 2. The molecule has 0 amide bonds. The first kappa shape index (κ1) is 22.8. The third kappa shape index (κ3) is 4.73. The number of ketones is 1. The first-order valence-electron chi connectivity index (χ1n) is 7.94. The molecule has 0 aliphatic rings. The average Bonchev–Trinajstić information content (AvgIpc) is 2.64. The lowest BCUT2D eigenvalue weighted by Gasteiger charge is -2.25. The predicted molar refractivity (Wildman–Crippen MR) is 111 cm³/mol. The highest BCUT2D eigenvalue weighted by Gasteiger charge is 2.31. The third-order valence-electron chi connectivity index (χ3n) is 4.08. The summed E-state index contributed by atoms with van der Waals surface area (Å²) in [4.78, 5) is 12.6. The van der Waals surface area contributed by atoms with Crippen LogP contribution in [0.1, 0.15) is 29.8 Å². The summed E-state index contributed by atoms with van der Waals surface area (Å²) in [7, 11) is -7.27. The maximum atomic E-state index is 14.7. The Labute approximate surface area is 177 Å². The molecule has 0 heterocycles. The molecule has 0 bridgehead atoms. The summed E-state index contributed by atoms with van der Waals surface area (Å²) in [6.45, 7) is 2.52. The normalized spacial score (nSPS) is 12.8. The molecule has 0 N–H and O–H groups in total. The number of anilines is 1. The second-order valence-electron chi connectivity index (χ2n) is 5.75. The minimum Gasteiger partial charge on any atom is -0.289 e. The molecule has 2 rings (SSSR count). The molecule has 0 saturated heterocycles. The van der Waals surface area contributed by atoms with E-state index in [0.29, 0.717) is 9.33 Å². The van der Waals surface area contributed by atoms with Crippen molar-refractivity contribution in [3.05, 3.63) is 62.8 Å². The quantitative estimate of drug-likeness (QED) is 0.452. The predicted octanol–water partition coefficient (Wildman–Crippen LogP) is 3.59. The van der Waals surface area contributed by atoms with E-state index in [1.54, 1.807) is 0 Å². The molecule has 1 unspecified atom stereocenters. The van der Waals surface area contributed by atoms with Crippen molar-refractivity contribution < 1.29 is 26.0 Å². The number of hydrogen-bond donors (Lipinski definition) is 1. The summed E-state index contributed by atoms with van der Waals surface area (Å²) in [6, 6.07) is 7.90. The topological polar surface area (TPSA) is 88.6 Å². The number of thiol groups is 1. The summed E-state index contributed by atoms with van der Waals surface area (Å²) < 4.78 is 62.9. The molecule has 152 valence electrons. The Morgan fingerprint density at radius 1 is 1.25 bits per heavy atom. The fourth-order valence-corrected chi connectivity index (χ4v) is 5.25. The smallest absolute Gasteiger partial charge is 0.226 e. The lowest BCUT2D eigenvalue weighted by atomic mass is 10.0. The van der Waals surface area contributed by atoms with Crippen molar-refractivity contribution in [1.29, 1.82) is 0 Å². The molecule has 0 radical (unpaired) electrons. The maximum Gasteiger partial charge on any atom is 0.226 e. The van der Waals surface area contributed by atoms with Crippen molar-refractivity contribution in [1.82, 2.24) is 0 Å². The van der Waals surface area contributed by atoms with Crippen LogP contribution in [-0.2, 0) is 20.7 Å². The van der Waals surface area contributed by atoms with Crippen LogP contribution in [0.15, 0.2) is 40.9 Å². The van der Waals surface area contributed by atoms with E-state index in [0.717, 1.165) is 19.1 Å². The lowest BCUT2D eigenvalue weighted by Crippen LogP contribution is -2.39. The molecular weight excluding hydrogens is 497 g/mol. The molecule has 1 atom stereocenters. The molecule has 2 aromatic rings. The lowest BCUT2D eigenvalue weighted by molar-refractivity contribution is 0.103. The van der Waals surface area contributed by atoms with Gasteiger partial charge in [0.15, 0.2) is 15.6 Å². The number of carbonyl (C=O) groups excluding carboxylic acids is 1. The Morgan fingerprint density at radius 2 is 1.82 bits per heavy atom. The first-order chi connectivity index (χ1) is 13.0. The summed E-state index contributed by atoms with van der Waals surface area (Å²) in [5, 5.41) is -1.07. The fraction of sp³-hybridized carbons (Fsp3) is 0.235. The minimum atomic E-state index is -3.81. The van der Waals surface area contributed by atoms with E-state index in [1.165, 1.54) is 31.2 Å². The van der Waals surface area contributed by atoms with E-state index in [2.05, 4.69) is 15.9 Å². The van der Waals surface area contributed by atoms with Crippen LogP contribution in [0, 0.1) is 5.82 Å². The molecule has 0 aliphatic carbocycles. The van der Waals surface area contributed by atoms with Gasteiger partial charge < -0.3 is 0 Å². The molecule has 0 aromatic heterocycles. The van der Waals surface area contributed by atoms with Gasteiger partial charge in [-0.1, -0.05) is 18.5 Å². The van der Waals surface area contributed by atoms with E-state index >= 15 is 0 Å². The summed E-state index contributed by atoms with van der Waals surface area (Å²) >= 11 is 8.93. The van der Waals surface area contributed by atoms with Gasteiger partial charge in [-0.3, -0.25) is 9.10 Å². The molecule has 0 fully saturated rings. The van der Waals surface area contributed by atoms with Crippen molar-refractivity contribution in [3.8, 4) is 0 Å². The monoisotopic (exact) mass is 511 g/mol. The number of sulfone groups is 1. The van der Waals surface area contributed by atoms with Crippen molar-refractivity contribution in [2.24, 2.45) is 0 Å². The molecule has 0 aliphatic heterocycles. The van der Waals surface area contributed by atoms with Gasteiger partial charge in [0, 0.05) is 26.4 Å². The van der Waals surface area contributed by atoms with E-state index < -0.39 is 43.4 Å². The van der Waals surface area contributed by atoms with Crippen LogP contribution in [0.4, 0.5) is 10.1 Å². The second-order valence-corrected chi connectivity index (χ2v) is 10.5. The number of nitrogens with zero attached hydrogens (tertiary/aromatic N) is 1. The zero-order valence-corrected chi connectivity index (χ0v) is 18.8. The Hall–Kier alpha value is -1.49. The molecule has 0 spiro atoms. The molecular formula is C17H16BrClFNO5S2. The second kappa shape index (κ2) is 8.89. The van der Waals surface area contributed by atoms with Gasteiger partial charge in [-0.25, -0.2) is 21.2 Å². The fourth-order valence-electron chi connectivity index (χ4n) is 2.45. The van der Waals surface area contributed by atoms with Crippen LogP contribution in [0.2, 0.25) is 5.02 Å². The van der Waals surface area contributed by atoms with Crippen LogP contribution in [0.25, 0.3) is 0 Å². The van der Waals surface area contributed by atoms with E-state index in [9.17, 15) is 26.0 Å². The van der Waals surface area contributed by atoms with Gasteiger partial charge in [0.05, 0.1) is 5.69 Å². The highest BCUT2D eigenvalue weighted by molar-refractivity contribution is 9.10. The van der Waals surface area contributed by atoms with Crippen LogP contribution in [0.5, 0.6) is 0 Å². The highest BCUT2D eigenvalue weighted by atomic mass is 79.9. The standard InChI is InChI=1S/C17H16BrClFNO5S2/c1-3-28(25,26)10(2)21(27(23)24)16-9-14(18)13(8-15(16)20)17(22)11-4-6-12(19)7-5-11/h4-10,27H,3H2,1-2H3. The van der Waals surface area contributed by atoms with Crippen molar-refractivity contribution >= 4 is 59.7 Å². The Balaban J connectivity index is 2.55. The van der Waals surface area contributed by atoms with Gasteiger partial charge in [0.2, 0.25) is 10.9 Å². The van der Waals surface area contributed by atoms with Gasteiger partial charge in [0.1, 0.15) is 11.2 Å². The molecule has 2 aromatic carbocycles. The van der Waals surface area contributed by atoms with Gasteiger partial charge in [-0.15, -0.1) is 0 Å². The van der Waals surface area contributed by atoms with Gasteiger partial charge in [-0.05, 0) is 59.3 Å². The van der Waals surface area contributed by atoms with E-state index in [4.69, 9.17) is 11.6 Å². The third-order valence-corrected chi connectivity index (χ3v) is 8.11. The number of carbonyl (C=O) groups is 1. The van der Waals surface area contributed by atoms with Crippen LogP contribution in [0.3, 0.4) is 0 Å². The van der Waals surface area contributed by atoms with Gasteiger partial charge >= 0.3 is 0 Å². The molecule has 6 nitrogen and oxygen atoms in total. The summed E-state index contributed by atoms with van der Waals surface area (Å²) in [6.07, 6.45) is 0. The number of halogens is 3. The first-order valence-corrected chi connectivity index (χ1v) is 12.0.